The summed E-state index contributed by atoms with van der Waals surface area (Å²) in [4.78, 5) is 13.7. The van der Waals surface area contributed by atoms with E-state index in [1.807, 2.05) is 0 Å². The van der Waals surface area contributed by atoms with Crippen LogP contribution in [0.4, 0.5) is 8.78 Å². The molecule has 0 radical (unpaired) electrons. The molecule has 1 amide bonds. The number of likely N-dealkylation sites (tertiary alicyclic amines) is 1. The molecule has 1 aliphatic rings. The van der Waals surface area contributed by atoms with Crippen molar-refractivity contribution in [2.45, 2.75) is 25.4 Å². The number of nitrogens with two attached hydrogens (primary N) is 1. The molecule has 1 fully saturated rings. The van der Waals surface area contributed by atoms with E-state index in [0.717, 1.165) is 18.6 Å². The average Bonchev–Trinajstić information content (AvgIpc) is 2.48. The molecular weight excluding hydrogens is 314 g/mol. The van der Waals surface area contributed by atoms with Crippen molar-refractivity contribution in [3.8, 4) is 0 Å². The van der Waals surface area contributed by atoms with Crippen LogP contribution in [0.15, 0.2) is 18.2 Å². The molecule has 0 spiro atoms. The molecule has 124 valence electrons. The molecular formula is C15H21ClF2N2O2. The van der Waals surface area contributed by atoms with Crippen molar-refractivity contribution < 1.29 is 18.3 Å². The summed E-state index contributed by atoms with van der Waals surface area (Å²) in [6, 6.07) is 3.44. The monoisotopic (exact) mass is 334 g/mol. The number of piperidine rings is 1. The number of hydrogen-bond donors (Lipinski definition) is 1. The summed E-state index contributed by atoms with van der Waals surface area (Å²) in [5.41, 5.74) is 4.92. The zero-order valence-electron chi connectivity index (χ0n) is 12.3. The average molecular weight is 335 g/mol. The van der Waals surface area contributed by atoms with Crippen LogP contribution in [0.5, 0.6) is 0 Å². The lowest BCUT2D eigenvalue weighted by Gasteiger charge is -2.32. The molecule has 0 bridgehead atoms. The summed E-state index contributed by atoms with van der Waals surface area (Å²) >= 11 is 0. The maximum Gasteiger partial charge on any atom is 0.259 e. The van der Waals surface area contributed by atoms with Crippen molar-refractivity contribution in [3.63, 3.8) is 0 Å². The van der Waals surface area contributed by atoms with Gasteiger partial charge in [-0.15, -0.1) is 12.4 Å². The number of hydrogen-bond acceptors (Lipinski definition) is 3. The van der Waals surface area contributed by atoms with E-state index in [0.29, 0.717) is 39.1 Å². The van der Waals surface area contributed by atoms with E-state index in [9.17, 15) is 13.6 Å². The van der Waals surface area contributed by atoms with Crippen LogP contribution in [0.25, 0.3) is 0 Å². The molecule has 1 saturated heterocycles. The highest BCUT2D eigenvalue weighted by Crippen LogP contribution is 2.19. The molecule has 2 N–H and O–H groups in total. The van der Waals surface area contributed by atoms with Gasteiger partial charge >= 0.3 is 0 Å². The van der Waals surface area contributed by atoms with Crippen molar-refractivity contribution >= 4 is 18.3 Å². The largest absolute Gasteiger partial charge is 0.378 e. The molecule has 0 aromatic heterocycles. The van der Waals surface area contributed by atoms with Crippen molar-refractivity contribution in [2.24, 2.45) is 5.73 Å². The Morgan fingerprint density at radius 2 is 1.86 bits per heavy atom. The van der Waals surface area contributed by atoms with E-state index in [2.05, 4.69) is 0 Å². The lowest BCUT2D eigenvalue weighted by molar-refractivity contribution is 0.00822. The van der Waals surface area contributed by atoms with Crippen LogP contribution in [-0.4, -0.2) is 43.2 Å². The minimum absolute atomic E-state index is 0. The first kappa shape index (κ1) is 18.8. The van der Waals surface area contributed by atoms with Crippen LogP contribution in [0.3, 0.4) is 0 Å². The molecule has 1 aliphatic heterocycles. The number of ether oxygens (including phenoxy) is 1. The fraction of sp³-hybridized carbons (Fsp3) is 0.533. The lowest BCUT2D eigenvalue weighted by atomic mass is 10.1. The molecule has 1 aromatic carbocycles. The summed E-state index contributed by atoms with van der Waals surface area (Å²) in [5, 5.41) is 0. The van der Waals surface area contributed by atoms with E-state index in [1.54, 1.807) is 0 Å². The molecule has 0 saturated carbocycles. The van der Waals surface area contributed by atoms with Gasteiger partial charge in [0.1, 0.15) is 17.2 Å². The Morgan fingerprint density at radius 1 is 1.27 bits per heavy atom. The molecule has 7 heteroatoms. The molecule has 0 unspecified atom stereocenters. The maximum absolute atomic E-state index is 13.6. The molecule has 1 aromatic rings. The second-order valence-electron chi connectivity index (χ2n) is 5.10. The normalized spacial score (nSPS) is 15.5. The topological polar surface area (TPSA) is 55.6 Å². The molecule has 0 aliphatic carbocycles. The SMILES string of the molecule is Cl.NCCCOC1CCN(C(=O)c2c(F)cccc2F)CC1. The van der Waals surface area contributed by atoms with Crippen LogP contribution in [0, 0.1) is 11.6 Å². The van der Waals surface area contributed by atoms with E-state index in [-0.39, 0.29) is 18.5 Å². The molecule has 2 rings (SSSR count). The Balaban J connectivity index is 0.00000242. The first-order chi connectivity index (χ1) is 10.1. The highest BCUT2D eigenvalue weighted by atomic mass is 35.5. The summed E-state index contributed by atoms with van der Waals surface area (Å²) in [5.74, 6) is -2.23. The van der Waals surface area contributed by atoms with Gasteiger partial charge in [-0.3, -0.25) is 4.79 Å². The van der Waals surface area contributed by atoms with Crippen LogP contribution in [0.1, 0.15) is 29.6 Å². The smallest absolute Gasteiger partial charge is 0.259 e. The number of carbonyl (C=O) groups is 1. The minimum atomic E-state index is -0.818. The van der Waals surface area contributed by atoms with Crippen molar-refractivity contribution in [1.82, 2.24) is 4.90 Å². The van der Waals surface area contributed by atoms with Crippen molar-refractivity contribution in [1.29, 1.82) is 0 Å². The van der Waals surface area contributed by atoms with Gasteiger partial charge in [0, 0.05) is 19.7 Å². The van der Waals surface area contributed by atoms with Crippen LogP contribution < -0.4 is 5.73 Å². The van der Waals surface area contributed by atoms with Gasteiger partial charge in [0.15, 0.2) is 0 Å². The Hall–Kier alpha value is -1.24. The predicted octanol–water partition coefficient (Wildman–Crippen LogP) is 2.36. The number of nitrogens with zero attached hydrogens (tertiary/aromatic N) is 1. The number of halogens is 3. The summed E-state index contributed by atoms with van der Waals surface area (Å²) in [7, 11) is 0. The lowest BCUT2D eigenvalue weighted by Crippen LogP contribution is -2.41. The van der Waals surface area contributed by atoms with Gasteiger partial charge in [0.25, 0.3) is 5.91 Å². The van der Waals surface area contributed by atoms with Gasteiger partial charge in [0.05, 0.1) is 6.10 Å². The quantitative estimate of drug-likeness (QED) is 0.841. The summed E-state index contributed by atoms with van der Waals surface area (Å²) in [6.07, 6.45) is 2.24. The van der Waals surface area contributed by atoms with Crippen LogP contribution in [0.2, 0.25) is 0 Å². The highest BCUT2D eigenvalue weighted by molar-refractivity contribution is 5.94. The molecule has 4 nitrogen and oxygen atoms in total. The fourth-order valence-corrected chi connectivity index (χ4v) is 2.42. The van der Waals surface area contributed by atoms with Crippen LogP contribution in [-0.2, 0) is 4.74 Å². The number of carbonyl (C=O) groups excluding carboxylic acids is 1. The zero-order valence-corrected chi connectivity index (χ0v) is 13.1. The van der Waals surface area contributed by atoms with Gasteiger partial charge in [-0.25, -0.2) is 8.78 Å². The van der Waals surface area contributed by atoms with Gasteiger partial charge in [-0.05, 0) is 37.9 Å². The minimum Gasteiger partial charge on any atom is -0.378 e. The second-order valence-corrected chi connectivity index (χ2v) is 5.10. The third-order valence-electron chi connectivity index (χ3n) is 3.61. The summed E-state index contributed by atoms with van der Waals surface area (Å²) in [6.45, 7) is 2.08. The Morgan fingerprint density at radius 3 is 2.41 bits per heavy atom. The standard InChI is InChI=1S/C15H20F2N2O2.ClH/c16-12-3-1-4-13(17)14(12)15(20)19-8-5-11(6-9-19)21-10-2-7-18;/h1,3-4,11H,2,5-10,18H2;1H. The Labute approximate surface area is 135 Å². The van der Waals surface area contributed by atoms with Crippen molar-refractivity contribution in [2.75, 3.05) is 26.2 Å². The van der Waals surface area contributed by atoms with Gasteiger partial charge < -0.3 is 15.4 Å². The third-order valence-corrected chi connectivity index (χ3v) is 3.61. The maximum atomic E-state index is 13.6. The first-order valence-corrected chi connectivity index (χ1v) is 7.18. The van der Waals surface area contributed by atoms with Crippen molar-refractivity contribution in [3.05, 3.63) is 35.4 Å². The first-order valence-electron chi connectivity index (χ1n) is 7.18. The van der Waals surface area contributed by atoms with Crippen LogP contribution >= 0.6 is 12.4 Å². The van der Waals surface area contributed by atoms with Gasteiger partial charge in [0.2, 0.25) is 0 Å². The number of benzene rings is 1. The highest BCUT2D eigenvalue weighted by Gasteiger charge is 2.27. The predicted molar refractivity (Wildman–Crippen MR) is 82.2 cm³/mol. The van der Waals surface area contributed by atoms with E-state index in [4.69, 9.17) is 10.5 Å². The molecule has 0 atom stereocenters. The number of amides is 1. The second kappa shape index (κ2) is 9.02. The zero-order chi connectivity index (χ0) is 15.2. The third kappa shape index (κ3) is 4.63. The fourth-order valence-electron chi connectivity index (χ4n) is 2.42. The van der Waals surface area contributed by atoms with E-state index < -0.39 is 23.1 Å². The Bertz CT molecular complexity index is 474. The molecule has 1 heterocycles. The van der Waals surface area contributed by atoms with E-state index in [1.165, 1.54) is 11.0 Å². The van der Waals surface area contributed by atoms with Gasteiger partial charge in [-0.2, -0.15) is 0 Å². The Kier molecular flexibility index (Phi) is 7.72. The summed E-state index contributed by atoms with van der Waals surface area (Å²) < 4.78 is 32.9. The van der Waals surface area contributed by atoms with Gasteiger partial charge in [-0.1, -0.05) is 6.07 Å². The number of rotatable bonds is 5. The van der Waals surface area contributed by atoms with E-state index >= 15 is 0 Å². The molecule has 22 heavy (non-hydrogen) atoms.